The smallest absolute Gasteiger partial charge is 0.335 e. The fourth-order valence-electron chi connectivity index (χ4n) is 7.22. The summed E-state index contributed by atoms with van der Waals surface area (Å²) in [7, 11) is 2.68. The summed E-state index contributed by atoms with van der Waals surface area (Å²) in [6, 6.07) is -5.05. The van der Waals surface area contributed by atoms with Gasteiger partial charge in [-0.3, -0.25) is 19.8 Å². The number of hydrogen-bond donors (Lipinski definition) is 17. The van der Waals surface area contributed by atoms with Gasteiger partial charge < -0.3 is 120 Å². The Morgan fingerprint density at radius 2 is 1.06 bits per heavy atom. The van der Waals surface area contributed by atoms with Gasteiger partial charge in [0.2, 0.25) is 17.7 Å². The Bertz CT molecular complexity index is 1680. The van der Waals surface area contributed by atoms with Crippen LogP contribution < -0.4 is 26.8 Å². The Labute approximate surface area is 377 Å². The van der Waals surface area contributed by atoms with Crippen molar-refractivity contribution < 1.29 is 133 Å². The molecular formula is C35H57N5O27. The maximum absolute atomic E-state index is 12.9. The number of aliphatic carboxylic acids is 2. The fourth-order valence-corrected chi connectivity index (χ4v) is 7.22. The van der Waals surface area contributed by atoms with Crippen LogP contribution in [0.4, 0.5) is 4.79 Å². The first-order chi connectivity index (χ1) is 31.6. The SMILES string of the molecule is COC(CNC(=O)CCC(=O)NNC(=O)N[C@@H]1[C@@H](O[C@@H]2O[C@H](C(=O)O)[C@@H](O[C@@H]3O[C@H](CO)[C@@H](O)[C@H](O[C@@H]4O[C@H](C(=O)O)[C@@H](O)[C@H](O)[C@H]4O)[C@H]3NC(C)=O)[C@H](O)[C@H]2O)[C@H](O)[C@@H](CO)O[C@H]1O)OC. The third kappa shape index (κ3) is 13.8. The van der Waals surface area contributed by atoms with E-state index in [1.54, 1.807) is 0 Å². The Kier molecular flexibility index (Phi) is 20.6. The second-order valence-electron chi connectivity index (χ2n) is 15.3. The van der Waals surface area contributed by atoms with Crippen LogP contribution in [0.5, 0.6) is 0 Å². The number of carbonyl (C=O) groups excluding carboxylic acids is 4. The molecule has 5 amide bonds. The third-order valence-corrected chi connectivity index (χ3v) is 10.8. The van der Waals surface area contributed by atoms with Crippen LogP contribution in [0.3, 0.4) is 0 Å². The summed E-state index contributed by atoms with van der Waals surface area (Å²) >= 11 is 0. The highest BCUT2D eigenvalue weighted by Crippen LogP contribution is 2.34. The number of rotatable bonds is 19. The first-order valence-corrected chi connectivity index (χ1v) is 20.2. The van der Waals surface area contributed by atoms with Gasteiger partial charge >= 0.3 is 18.0 Å². The number of aliphatic hydroxyl groups is 10. The molecule has 4 aliphatic rings. The number of ether oxygens (including phenoxy) is 9. The minimum absolute atomic E-state index is 0.0332. The van der Waals surface area contributed by atoms with Gasteiger partial charge in [-0.05, 0) is 0 Å². The molecule has 17 N–H and O–H groups in total. The Hall–Kier alpha value is -4.14. The molecule has 0 aromatic heterocycles. The lowest BCUT2D eigenvalue weighted by Crippen LogP contribution is -2.71. The molecule has 4 heterocycles. The Morgan fingerprint density at radius 1 is 0.552 bits per heavy atom. The number of methoxy groups -OCH3 is 2. The molecule has 32 heteroatoms. The summed E-state index contributed by atoms with van der Waals surface area (Å²) in [6.07, 6.45) is -40.0. The average molecular weight is 980 g/mol. The number of aliphatic hydroxyl groups excluding tert-OH is 10. The van der Waals surface area contributed by atoms with Crippen LogP contribution >= 0.6 is 0 Å². The topological polar surface area (TPSA) is 488 Å². The van der Waals surface area contributed by atoms with E-state index in [0.29, 0.717) is 0 Å². The van der Waals surface area contributed by atoms with E-state index >= 15 is 0 Å². The zero-order chi connectivity index (χ0) is 50.0. The second-order valence-corrected chi connectivity index (χ2v) is 15.3. The largest absolute Gasteiger partial charge is 0.479 e. The monoisotopic (exact) mass is 979 g/mol. The van der Waals surface area contributed by atoms with Crippen LogP contribution in [-0.4, -0.2) is 260 Å². The predicted molar refractivity (Wildman–Crippen MR) is 204 cm³/mol. The average Bonchev–Trinajstić information content (AvgIpc) is 3.28. The summed E-state index contributed by atoms with van der Waals surface area (Å²) in [5.41, 5.74) is 3.90. The zero-order valence-corrected chi connectivity index (χ0v) is 35.7. The lowest BCUT2D eigenvalue weighted by Gasteiger charge is -2.49. The van der Waals surface area contributed by atoms with Crippen molar-refractivity contribution in [3.05, 3.63) is 0 Å². The number of hydrogen-bond acceptors (Lipinski definition) is 25. The van der Waals surface area contributed by atoms with E-state index in [0.717, 1.165) is 6.92 Å². The molecule has 0 unspecified atom stereocenters. The Balaban J connectivity index is 1.51. The number of amides is 5. The summed E-state index contributed by atoms with van der Waals surface area (Å²) in [5, 5.41) is 133. The van der Waals surface area contributed by atoms with E-state index in [1.807, 2.05) is 10.9 Å². The third-order valence-electron chi connectivity index (χ3n) is 10.8. The molecule has 4 aliphatic heterocycles. The first-order valence-electron chi connectivity index (χ1n) is 20.2. The molecule has 67 heavy (non-hydrogen) atoms. The van der Waals surface area contributed by atoms with E-state index in [-0.39, 0.29) is 13.0 Å². The van der Waals surface area contributed by atoms with Crippen LogP contribution in [0, 0.1) is 0 Å². The summed E-state index contributed by atoms with van der Waals surface area (Å²) in [5.74, 6) is -6.13. The lowest BCUT2D eigenvalue weighted by molar-refractivity contribution is -0.368. The van der Waals surface area contributed by atoms with Crippen LogP contribution in [0.2, 0.25) is 0 Å². The second kappa shape index (κ2) is 24.9. The molecule has 4 fully saturated rings. The van der Waals surface area contributed by atoms with E-state index < -0.39 is 184 Å². The predicted octanol–water partition coefficient (Wildman–Crippen LogP) is -10.6. The molecule has 0 aromatic carbocycles. The van der Waals surface area contributed by atoms with Crippen molar-refractivity contribution in [2.45, 2.75) is 149 Å². The molecular weight excluding hydrogens is 922 g/mol. The van der Waals surface area contributed by atoms with Gasteiger partial charge in [0.25, 0.3) is 0 Å². The highest BCUT2D eigenvalue weighted by Gasteiger charge is 2.57. The van der Waals surface area contributed by atoms with Gasteiger partial charge in [0.1, 0.15) is 85.3 Å². The summed E-state index contributed by atoms with van der Waals surface area (Å²) in [4.78, 5) is 74.0. The van der Waals surface area contributed by atoms with Crippen molar-refractivity contribution in [2.75, 3.05) is 34.0 Å². The van der Waals surface area contributed by atoms with Crippen molar-refractivity contribution in [3.8, 4) is 0 Å². The van der Waals surface area contributed by atoms with Gasteiger partial charge in [-0.25, -0.2) is 19.8 Å². The molecule has 0 saturated carbocycles. The molecule has 32 nitrogen and oxygen atoms in total. The molecule has 0 bridgehead atoms. The minimum Gasteiger partial charge on any atom is -0.479 e. The van der Waals surface area contributed by atoms with Crippen molar-refractivity contribution in [1.82, 2.24) is 26.8 Å². The van der Waals surface area contributed by atoms with Crippen LogP contribution in [0.1, 0.15) is 19.8 Å². The molecule has 20 atom stereocenters. The first kappa shape index (κ1) is 55.5. The lowest BCUT2D eigenvalue weighted by atomic mass is 9.94. The summed E-state index contributed by atoms with van der Waals surface area (Å²) in [6.45, 7) is -1.15. The molecule has 0 aliphatic carbocycles. The van der Waals surface area contributed by atoms with Crippen molar-refractivity contribution in [3.63, 3.8) is 0 Å². The number of carboxylic acids is 2. The number of urea groups is 1. The number of carbonyl (C=O) groups is 6. The maximum Gasteiger partial charge on any atom is 0.335 e. The van der Waals surface area contributed by atoms with Crippen molar-refractivity contribution in [1.29, 1.82) is 0 Å². The highest BCUT2D eigenvalue weighted by molar-refractivity contribution is 5.85. The molecule has 4 rings (SSSR count). The van der Waals surface area contributed by atoms with Gasteiger partial charge in [0.15, 0.2) is 43.7 Å². The van der Waals surface area contributed by atoms with E-state index in [9.17, 15) is 90.0 Å². The molecule has 4 saturated heterocycles. The van der Waals surface area contributed by atoms with Gasteiger partial charge in [-0.1, -0.05) is 0 Å². The number of carboxylic acid groups (broad SMARTS) is 2. The van der Waals surface area contributed by atoms with Crippen LogP contribution in [0.15, 0.2) is 0 Å². The number of nitrogens with one attached hydrogen (secondary N) is 5. The fraction of sp³-hybridized carbons (Fsp3) is 0.829. The van der Waals surface area contributed by atoms with Crippen molar-refractivity contribution >= 4 is 35.7 Å². The molecule has 0 spiro atoms. The highest BCUT2D eigenvalue weighted by atomic mass is 16.8. The molecule has 0 aromatic rings. The van der Waals surface area contributed by atoms with E-state index in [1.165, 1.54) is 14.2 Å². The van der Waals surface area contributed by atoms with Crippen LogP contribution in [0.25, 0.3) is 0 Å². The minimum atomic E-state index is -2.42. The summed E-state index contributed by atoms with van der Waals surface area (Å²) < 4.78 is 48.2. The quantitative estimate of drug-likeness (QED) is 0.0422. The normalized spacial score (nSPS) is 38.9. The molecule has 0 radical (unpaired) electrons. The van der Waals surface area contributed by atoms with Gasteiger partial charge in [-0.2, -0.15) is 0 Å². The van der Waals surface area contributed by atoms with Crippen molar-refractivity contribution in [2.24, 2.45) is 0 Å². The number of hydrazine groups is 1. The van der Waals surface area contributed by atoms with E-state index in [2.05, 4.69) is 16.0 Å². The zero-order valence-electron chi connectivity index (χ0n) is 35.7. The van der Waals surface area contributed by atoms with Gasteiger partial charge in [-0.15, -0.1) is 0 Å². The maximum atomic E-state index is 12.9. The van der Waals surface area contributed by atoms with Gasteiger partial charge in [0.05, 0.1) is 19.8 Å². The van der Waals surface area contributed by atoms with Crippen LogP contribution in [-0.2, 0) is 66.6 Å². The standard InChI is InChI=1S/C35H57N5O27/c1-9(43)37-16-25(64-33-22(51)19(48)20(49)27(66-33)29(53)54)18(47)11(8-42)62-32(16)65-26-21(50)23(52)34(67-28(26)30(55)56)63-24-15(31(57)61-10(7-41)17(24)46)38-35(58)40-39-13(45)5-4-12(44)36-6-14(59-2)60-3/h10-11,14-28,31-34,41-42,46-52,57H,4-8H2,1-3H3,(H,36,44)(H,37,43)(H,39,45)(H,53,54)(H,55,56)(H2,38,40,58)/t10-,11-,15-,16-,17-,18-,19+,20+,21-,22-,23-,24-,25-,26+,27+,28+,31-,32+,33-,34-/m1/s1. The van der Waals surface area contributed by atoms with E-state index in [4.69, 9.17) is 42.6 Å². The van der Waals surface area contributed by atoms with Gasteiger partial charge in [0, 0.05) is 34.0 Å². The Morgan fingerprint density at radius 3 is 1.60 bits per heavy atom. The molecule has 384 valence electrons.